The number of methoxy groups -OCH3 is 1. The van der Waals surface area contributed by atoms with E-state index in [0.717, 1.165) is 110 Å². The average molecular weight is 1470 g/mol. The number of piperidine rings is 4. The molecule has 4 saturated heterocycles. The van der Waals surface area contributed by atoms with Gasteiger partial charge in [0, 0.05) is 106 Å². The first-order valence-electron chi connectivity index (χ1n) is 30.3. The molecule has 18 nitrogen and oxygen atoms in total. The molecule has 9 rings (SSSR count). The standard InChI is InChI=1S/C23H28Cl2N2O4S.C16H22ClNO3S.C16H22ClNO2S.C11H14ClNOS.3H2O/c1-16(28)26-21-14-20(25)22(30-2)15-23(21)31-13-3-10-27-11-8-19(9-12-27)32(29)18-6-4-17(24)5-7-18;1-16(2,3)21-15(19)18-10-8-14(9-11-18)22(20)13-6-4-12(17)5-7-13;1-16(2,3)20-15(19)18-10-8-14(9-11-18)21-13-6-4-12(17)5-7-13;12-9-1-3-10(4-2-9)15(14)11-5-7-13-8-6-11;;;/h4-7,14-15,19H,3,8-13H2,1-2H3,(H,26,28);4-7,14H,8-11H2,1-3H3;4-7,14H,8-11H2,1-3H3;1-4,11,13H,5-8H2;3*1H2. The zero-order valence-corrected chi connectivity index (χ0v) is 61.1. The Morgan fingerprint density at radius 3 is 1.31 bits per heavy atom. The summed E-state index contributed by atoms with van der Waals surface area (Å²) in [7, 11) is -1.41. The fourth-order valence-corrected chi connectivity index (χ4v) is 16.2. The van der Waals surface area contributed by atoms with Gasteiger partial charge >= 0.3 is 12.2 Å². The molecule has 0 bridgehead atoms. The van der Waals surface area contributed by atoms with E-state index in [1.54, 1.807) is 65.6 Å². The van der Waals surface area contributed by atoms with Crippen molar-refractivity contribution in [3.8, 4) is 11.5 Å². The molecule has 4 heterocycles. The monoisotopic (exact) mass is 1470 g/mol. The molecule has 5 aromatic carbocycles. The van der Waals surface area contributed by atoms with Gasteiger partial charge in [0.2, 0.25) is 5.91 Å². The van der Waals surface area contributed by atoms with E-state index >= 15 is 0 Å². The van der Waals surface area contributed by atoms with Crippen LogP contribution in [0.5, 0.6) is 11.5 Å². The quantitative estimate of drug-likeness (QED) is 0.0924. The third kappa shape index (κ3) is 29.2. The number of hydrogen-bond donors (Lipinski definition) is 2. The number of ether oxygens (including phenoxy) is 4. The summed E-state index contributed by atoms with van der Waals surface area (Å²) in [5.74, 6) is 0.819. The van der Waals surface area contributed by atoms with Gasteiger partial charge in [-0.3, -0.25) is 17.4 Å². The molecule has 3 atom stereocenters. The molecule has 0 aliphatic carbocycles. The first kappa shape index (κ1) is 83.0. The zero-order valence-electron chi connectivity index (χ0n) is 54.1. The molecule has 27 heteroatoms. The first-order valence-corrected chi connectivity index (χ1v) is 36.7. The molecular formula is C66H92Cl5N5O13S4. The van der Waals surface area contributed by atoms with Crippen LogP contribution >= 0.6 is 69.8 Å². The van der Waals surface area contributed by atoms with Crippen LogP contribution in [0.2, 0.25) is 25.1 Å². The van der Waals surface area contributed by atoms with Crippen LogP contribution in [0.15, 0.2) is 129 Å². The molecule has 3 amide bonds. The molecule has 0 aromatic heterocycles. The molecule has 93 heavy (non-hydrogen) atoms. The highest BCUT2D eigenvalue weighted by Gasteiger charge is 2.31. The Balaban J connectivity index is 0.000000331. The SMILES string of the molecule is CC(C)(C)OC(=O)N1CCC(S(=O)c2ccc(Cl)cc2)CC1.CC(C)(C)OC(=O)N1CCC(Sc2ccc(Cl)cc2)CC1.COc1cc(OCCCN2CCC(S(=O)c3ccc(Cl)cc3)CC2)c(NC(C)=O)cc1Cl.O.O.O.O=S(c1ccc(Cl)cc1)C1CCNCC1. The number of amides is 3. The van der Waals surface area contributed by atoms with Crippen molar-refractivity contribution in [3.05, 3.63) is 134 Å². The summed E-state index contributed by atoms with van der Waals surface area (Å²) in [4.78, 5) is 45.1. The summed E-state index contributed by atoms with van der Waals surface area (Å²) >= 11 is 31.5. The molecule has 4 aliphatic rings. The zero-order chi connectivity index (χ0) is 65.5. The fraction of sp³-hybridized carbons (Fsp3) is 0.500. The van der Waals surface area contributed by atoms with E-state index in [4.69, 9.17) is 77.0 Å². The van der Waals surface area contributed by atoms with Gasteiger partial charge in [-0.15, -0.1) is 11.8 Å². The van der Waals surface area contributed by atoms with Crippen LogP contribution in [-0.2, 0) is 46.7 Å². The van der Waals surface area contributed by atoms with Crippen LogP contribution in [0.1, 0.15) is 106 Å². The van der Waals surface area contributed by atoms with E-state index in [0.29, 0.717) is 80.3 Å². The summed E-state index contributed by atoms with van der Waals surface area (Å²) in [5.41, 5.74) is -0.389. The maximum atomic E-state index is 12.8. The minimum Gasteiger partial charge on any atom is -0.495 e. The number of anilines is 1. The predicted molar refractivity (Wildman–Crippen MR) is 381 cm³/mol. The number of thioether (sulfide) groups is 1. The van der Waals surface area contributed by atoms with Crippen molar-refractivity contribution in [2.24, 2.45) is 0 Å². The van der Waals surface area contributed by atoms with Crippen molar-refractivity contribution in [2.75, 3.05) is 77.9 Å². The lowest BCUT2D eigenvalue weighted by Crippen LogP contribution is -2.43. The van der Waals surface area contributed by atoms with Gasteiger partial charge in [0.15, 0.2) is 0 Å². The third-order valence-electron chi connectivity index (χ3n) is 14.6. The van der Waals surface area contributed by atoms with Gasteiger partial charge in [-0.2, -0.15) is 0 Å². The van der Waals surface area contributed by atoms with Crippen LogP contribution in [0.25, 0.3) is 0 Å². The highest BCUT2D eigenvalue weighted by molar-refractivity contribution is 8.00. The number of benzene rings is 5. The molecule has 0 saturated carbocycles. The van der Waals surface area contributed by atoms with Crippen LogP contribution in [0.4, 0.5) is 15.3 Å². The van der Waals surface area contributed by atoms with Gasteiger partial charge in [-0.05, 0) is 229 Å². The van der Waals surface area contributed by atoms with Crippen molar-refractivity contribution in [1.29, 1.82) is 0 Å². The lowest BCUT2D eigenvalue weighted by atomic mass is 10.1. The smallest absolute Gasteiger partial charge is 0.410 e. The summed E-state index contributed by atoms with van der Waals surface area (Å²) < 4.78 is 59.4. The van der Waals surface area contributed by atoms with Crippen molar-refractivity contribution in [3.63, 3.8) is 0 Å². The van der Waals surface area contributed by atoms with Gasteiger partial charge in [0.05, 0.1) is 56.8 Å². The summed E-state index contributed by atoms with van der Waals surface area (Å²) in [6, 6.07) is 33.0. The van der Waals surface area contributed by atoms with E-state index in [1.807, 2.05) is 107 Å². The highest BCUT2D eigenvalue weighted by Crippen LogP contribution is 2.37. The fourth-order valence-electron chi connectivity index (χ4n) is 9.98. The van der Waals surface area contributed by atoms with E-state index < -0.39 is 43.6 Å². The van der Waals surface area contributed by atoms with Gasteiger partial charge in [0.25, 0.3) is 0 Å². The van der Waals surface area contributed by atoms with Gasteiger partial charge in [-0.1, -0.05) is 58.0 Å². The normalized spacial score (nSPS) is 16.8. The maximum absolute atomic E-state index is 12.8. The second-order valence-electron chi connectivity index (χ2n) is 24.0. The molecule has 4 fully saturated rings. The Kier molecular flexibility index (Phi) is 36.7. The number of carbonyl (C=O) groups excluding carboxylic acids is 3. The molecule has 0 spiro atoms. The van der Waals surface area contributed by atoms with E-state index in [-0.39, 0.29) is 45.0 Å². The molecule has 3 unspecified atom stereocenters. The number of halogens is 5. The van der Waals surface area contributed by atoms with Crippen molar-refractivity contribution >= 4 is 126 Å². The predicted octanol–water partition coefficient (Wildman–Crippen LogP) is 13.4. The average Bonchev–Trinajstić information content (AvgIpc) is 1.04. The number of rotatable bonds is 15. The number of nitrogens with zero attached hydrogens (tertiary/aromatic N) is 3. The minimum absolute atomic E-state index is 0. The Hall–Kier alpha value is -4.24. The Labute approximate surface area is 585 Å². The molecule has 0 radical (unpaired) electrons. The van der Waals surface area contributed by atoms with Gasteiger partial charge in [-0.25, -0.2) is 9.59 Å². The maximum Gasteiger partial charge on any atom is 0.410 e. The van der Waals surface area contributed by atoms with Crippen LogP contribution < -0.4 is 20.1 Å². The molecular weight excluding hydrogens is 1380 g/mol. The van der Waals surface area contributed by atoms with Gasteiger partial charge < -0.3 is 60.7 Å². The van der Waals surface area contributed by atoms with E-state index in [1.165, 1.54) is 18.9 Å². The lowest BCUT2D eigenvalue weighted by molar-refractivity contribution is -0.114. The second kappa shape index (κ2) is 41.1. The molecule has 5 aromatic rings. The minimum atomic E-state index is -1.06. The Morgan fingerprint density at radius 2 is 0.925 bits per heavy atom. The summed E-state index contributed by atoms with van der Waals surface area (Å²) in [6.45, 7) is 20.5. The van der Waals surface area contributed by atoms with Crippen LogP contribution in [0, 0.1) is 0 Å². The molecule has 8 N–H and O–H groups in total. The molecule has 518 valence electrons. The summed E-state index contributed by atoms with van der Waals surface area (Å²) in [5, 5.41) is 10.3. The Bertz CT molecular complexity index is 3140. The third-order valence-corrected chi connectivity index (χ3v) is 22.7. The summed E-state index contributed by atoms with van der Waals surface area (Å²) in [6.07, 6.45) is 7.55. The van der Waals surface area contributed by atoms with Crippen LogP contribution in [0.3, 0.4) is 0 Å². The van der Waals surface area contributed by atoms with Crippen molar-refractivity contribution in [1.82, 2.24) is 20.0 Å². The number of hydrogen-bond acceptors (Lipinski definition) is 13. The Morgan fingerprint density at radius 1 is 0.548 bits per heavy atom. The van der Waals surface area contributed by atoms with Crippen LogP contribution in [-0.4, -0.2) is 167 Å². The first-order chi connectivity index (χ1) is 42.7. The van der Waals surface area contributed by atoms with Crippen molar-refractivity contribution in [2.45, 2.75) is 158 Å². The number of carbonyl (C=O) groups is 3. The van der Waals surface area contributed by atoms with E-state index in [9.17, 15) is 27.0 Å². The topological polar surface area (TPSA) is 268 Å². The lowest BCUT2D eigenvalue weighted by Gasteiger charge is -2.33. The number of nitrogens with one attached hydrogen (secondary N) is 2. The van der Waals surface area contributed by atoms with E-state index in [2.05, 4.69) is 15.5 Å². The largest absolute Gasteiger partial charge is 0.495 e. The van der Waals surface area contributed by atoms with Gasteiger partial charge in [0.1, 0.15) is 22.7 Å². The second-order valence-corrected chi connectivity index (χ2v) is 32.7. The van der Waals surface area contributed by atoms with Crippen molar-refractivity contribution < 1.29 is 62.4 Å². The molecule has 4 aliphatic heterocycles. The highest BCUT2D eigenvalue weighted by atomic mass is 35.5. The number of likely N-dealkylation sites (tertiary alicyclic amines) is 3.